The summed E-state index contributed by atoms with van der Waals surface area (Å²) in [6.07, 6.45) is 3.69. The number of hydrogen-bond acceptors (Lipinski definition) is 5. The molecule has 1 aliphatic rings. The van der Waals surface area contributed by atoms with Crippen LogP contribution in [0.1, 0.15) is 10.4 Å². The molecule has 2 heterocycles. The minimum atomic E-state index is -0.0488. The van der Waals surface area contributed by atoms with E-state index >= 15 is 0 Å². The second-order valence-corrected chi connectivity index (χ2v) is 7.36. The molecule has 0 aliphatic carbocycles. The standard InChI is InChI=1S/C22H23ClN4O3/c1-29-18-6-7-19(20(15-18)30-2)21(28)25-10-12-26(13-11-25)22-24-8-9-27(22)17-5-3-4-16(23)14-17/h3-9,14-15H,10-13H2,1-2H3. The van der Waals surface area contributed by atoms with Crippen LogP contribution in [-0.2, 0) is 0 Å². The maximum Gasteiger partial charge on any atom is 0.257 e. The molecule has 1 saturated heterocycles. The van der Waals surface area contributed by atoms with Gasteiger partial charge in [0.05, 0.1) is 19.8 Å². The zero-order chi connectivity index (χ0) is 21.1. The quantitative estimate of drug-likeness (QED) is 0.625. The summed E-state index contributed by atoms with van der Waals surface area (Å²) in [7, 11) is 3.14. The van der Waals surface area contributed by atoms with Crippen LogP contribution in [0.25, 0.3) is 5.69 Å². The van der Waals surface area contributed by atoms with Gasteiger partial charge in [0.1, 0.15) is 11.5 Å². The minimum Gasteiger partial charge on any atom is -0.497 e. The molecule has 0 bridgehead atoms. The third-order valence-corrected chi connectivity index (χ3v) is 5.43. The molecule has 0 radical (unpaired) electrons. The van der Waals surface area contributed by atoms with Crippen molar-refractivity contribution in [2.75, 3.05) is 45.3 Å². The van der Waals surface area contributed by atoms with Crippen LogP contribution in [-0.4, -0.2) is 60.8 Å². The molecule has 0 N–H and O–H groups in total. The third kappa shape index (κ3) is 3.93. The number of halogens is 1. The number of hydrogen-bond donors (Lipinski definition) is 0. The van der Waals surface area contributed by atoms with E-state index in [1.807, 2.05) is 39.9 Å². The molecule has 0 unspecified atom stereocenters. The molecule has 0 saturated carbocycles. The number of imidazole rings is 1. The predicted octanol–water partition coefficient (Wildman–Crippen LogP) is 3.51. The Balaban J connectivity index is 1.48. The van der Waals surface area contributed by atoms with Gasteiger partial charge in [0.15, 0.2) is 0 Å². The van der Waals surface area contributed by atoms with Crippen LogP contribution in [0.2, 0.25) is 5.02 Å². The molecule has 0 spiro atoms. The fraction of sp³-hybridized carbons (Fsp3) is 0.273. The number of ether oxygens (including phenoxy) is 2. The Kier molecular flexibility index (Phi) is 5.81. The molecule has 2 aromatic carbocycles. The van der Waals surface area contributed by atoms with Crippen LogP contribution in [0, 0.1) is 0 Å². The summed E-state index contributed by atoms with van der Waals surface area (Å²) in [4.78, 5) is 21.6. The number of amides is 1. The molecule has 1 amide bonds. The first-order chi connectivity index (χ1) is 14.6. The first-order valence-electron chi connectivity index (χ1n) is 9.66. The normalized spacial score (nSPS) is 14.0. The van der Waals surface area contributed by atoms with E-state index in [-0.39, 0.29) is 5.91 Å². The van der Waals surface area contributed by atoms with E-state index in [2.05, 4.69) is 9.88 Å². The van der Waals surface area contributed by atoms with E-state index in [4.69, 9.17) is 21.1 Å². The molecule has 7 nitrogen and oxygen atoms in total. The first kappa shape index (κ1) is 20.1. The molecular weight excluding hydrogens is 404 g/mol. The van der Waals surface area contributed by atoms with Crippen LogP contribution in [0.3, 0.4) is 0 Å². The number of carbonyl (C=O) groups is 1. The van der Waals surface area contributed by atoms with Crippen molar-refractivity contribution in [2.24, 2.45) is 0 Å². The second kappa shape index (κ2) is 8.67. The highest BCUT2D eigenvalue weighted by Crippen LogP contribution is 2.27. The average molecular weight is 427 g/mol. The number of nitrogens with zero attached hydrogens (tertiary/aromatic N) is 4. The first-order valence-corrected chi connectivity index (χ1v) is 10.0. The predicted molar refractivity (Wildman–Crippen MR) is 116 cm³/mol. The number of aromatic nitrogens is 2. The molecule has 1 aliphatic heterocycles. The molecule has 3 aromatic rings. The summed E-state index contributed by atoms with van der Waals surface area (Å²) in [5.41, 5.74) is 1.49. The van der Waals surface area contributed by atoms with Crippen molar-refractivity contribution in [3.05, 3.63) is 65.4 Å². The van der Waals surface area contributed by atoms with Gasteiger partial charge in [0.25, 0.3) is 5.91 Å². The largest absolute Gasteiger partial charge is 0.497 e. The molecule has 156 valence electrons. The maximum atomic E-state index is 13.0. The smallest absolute Gasteiger partial charge is 0.257 e. The van der Waals surface area contributed by atoms with Gasteiger partial charge in [0, 0.05) is 55.3 Å². The molecule has 4 rings (SSSR count). The second-order valence-electron chi connectivity index (χ2n) is 6.92. The highest BCUT2D eigenvalue weighted by atomic mass is 35.5. The highest BCUT2D eigenvalue weighted by molar-refractivity contribution is 6.30. The monoisotopic (exact) mass is 426 g/mol. The van der Waals surface area contributed by atoms with Crippen molar-refractivity contribution in [3.8, 4) is 17.2 Å². The van der Waals surface area contributed by atoms with Gasteiger partial charge >= 0.3 is 0 Å². The van der Waals surface area contributed by atoms with Crippen LogP contribution < -0.4 is 14.4 Å². The molecule has 30 heavy (non-hydrogen) atoms. The van der Waals surface area contributed by atoms with E-state index in [9.17, 15) is 4.79 Å². The van der Waals surface area contributed by atoms with Crippen molar-refractivity contribution in [1.29, 1.82) is 0 Å². The Labute approximate surface area is 180 Å². The Hall–Kier alpha value is -3.19. The number of anilines is 1. The van der Waals surface area contributed by atoms with Gasteiger partial charge in [-0.15, -0.1) is 0 Å². The van der Waals surface area contributed by atoms with Gasteiger partial charge in [-0.05, 0) is 30.3 Å². The molecular formula is C22H23ClN4O3. The van der Waals surface area contributed by atoms with Crippen molar-refractivity contribution in [2.45, 2.75) is 0 Å². The summed E-state index contributed by atoms with van der Waals surface area (Å²) >= 11 is 6.15. The maximum absolute atomic E-state index is 13.0. The number of carbonyl (C=O) groups excluding carboxylic acids is 1. The number of methoxy groups -OCH3 is 2. The zero-order valence-electron chi connectivity index (χ0n) is 16.9. The van der Waals surface area contributed by atoms with E-state index in [1.165, 1.54) is 0 Å². The van der Waals surface area contributed by atoms with Crippen molar-refractivity contribution in [3.63, 3.8) is 0 Å². The van der Waals surface area contributed by atoms with Crippen molar-refractivity contribution in [1.82, 2.24) is 14.5 Å². The molecule has 1 aromatic heterocycles. The van der Waals surface area contributed by atoms with Crippen LogP contribution in [0.4, 0.5) is 5.95 Å². The summed E-state index contributed by atoms with van der Waals surface area (Å²) in [5.74, 6) is 1.96. The SMILES string of the molecule is COc1ccc(C(=O)N2CCN(c3nccn3-c3cccc(Cl)c3)CC2)c(OC)c1. The minimum absolute atomic E-state index is 0.0488. The Morgan fingerprint density at radius 2 is 1.83 bits per heavy atom. The van der Waals surface area contributed by atoms with Crippen LogP contribution in [0.15, 0.2) is 54.9 Å². The Bertz CT molecular complexity index is 1040. The number of rotatable bonds is 5. The molecule has 1 fully saturated rings. The van der Waals surface area contributed by atoms with Crippen LogP contribution in [0.5, 0.6) is 11.5 Å². The Morgan fingerprint density at radius 3 is 2.53 bits per heavy atom. The van der Waals surface area contributed by atoms with E-state index in [1.54, 1.807) is 38.6 Å². The topological polar surface area (TPSA) is 59.8 Å². The summed E-state index contributed by atoms with van der Waals surface area (Å²) < 4.78 is 12.6. The lowest BCUT2D eigenvalue weighted by molar-refractivity contribution is 0.0742. The molecule has 0 atom stereocenters. The Morgan fingerprint density at radius 1 is 1.03 bits per heavy atom. The zero-order valence-corrected chi connectivity index (χ0v) is 17.7. The lowest BCUT2D eigenvalue weighted by Crippen LogP contribution is -2.49. The lowest BCUT2D eigenvalue weighted by atomic mass is 10.1. The van der Waals surface area contributed by atoms with Gasteiger partial charge in [-0.25, -0.2) is 4.98 Å². The van der Waals surface area contributed by atoms with Crippen molar-refractivity contribution < 1.29 is 14.3 Å². The summed E-state index contributed by atoms with van der Waals surface area (Å²) in [5, 5.41) is 0.677. The lowest BCUT2D eigenvalue weighted by Gasteiger charge is -2.35. The molecule has 8 heteroatoms. The number of piperazine rings is 1. The van der Waals surface area contributed by atoms with Gasteiger partial charge in [-0.2, -0.15) is 0 Å². The fourth-order valence-electron chi connectivity index (χ4n) is 3.61. The van der Waals surface area contributed by atoms with E-state index in [0.717, 1.165) is 11.6 Å². The average Bonchev–Trinajstić information content (AvgIpc) is 3.28. The highest BCUT2D eigenvalue weighted by Gasteiger charge is 2.26. The van der Waals surface area contributed by atoms with Crippen LogP contribution >= 0.6 is 11.6 Å². The fourth-order valence-corrected chi connectivity index (χ4v) is 3.80. The van der Waals surface area contributed by atoms with E-state index < -0.39 is 0 Å². The van der Waals surface area contributed by atoms with Gasteiger partial charge in [-0.3, -0.25) is 9.36 Å². The third-order valence-electron chi connectivity index (χ3n) is 5.20. The van der Waals surface area contributed by atoms with Crippen molar-refractivity contribution >= 4 is 23.5 Å². The van der Waals surface area contributed by atoms with Gasteiger partial charge in [-0.1, -0.05) is 17.7 Å². The van der Waals surface area contributed by atoms with Gasteiger partial charge < -0.3 is 19.3 Å². The summed E-state index contributed by atoms with van der Waals surface area (Å²) in [6, 6.07) is 12.9. The number of benzene rings is 2. The summed E-state index contributed by atoms with van der Waals surface area (Å²) in [6.45, 7) is 2.55. The van der Waals surface area contributed by atoms with Gasteiger partial charge in [0.2, 0.25) is 5.95 Å². The van der Waals surface area contributed by atoms with E-state index in [0.29, 0.717) is 48.3 Å².